The number of carbonyl (C=O) groups excluding carboxylic acids is 1. The van der Waals surface area contributed by atoms with Crippen molar-refractivity contribution in [2.75, 3.05) is 60.0 Å². The van der Waals surface area contributed by atoms with E-state index in [-0.39, 0.29) is 5.41 Å². The van der Waals surface area contributed by atoms with Gasteiger partial charge in [-0.2, -0.15) is 0 Å². The smallest absolute Gasteiger partial charge is 0.222 e. The van der Waals surface area contributed by atoms with Crippen LogP contribution in [-0.2, 0) is 22.5 Å². The van der Waals surface area contributed by atoms with Gasteiger partial charge in [-0.25, -0.2) is 0 Å². The molecule has 0 saturated carbocycles. The van der Waals surface area contributed by atoms with Crippen LogP contribution in [0.5, 0.6) is 0 Å². The Morgan fingerprint density at radius 1 is 1.13 bits per heavy atom. The topological polar surface area (TPSA) is 36.0 Å². The number of amides is 1. The third kappa shape index (κ3) is 6.09. The summed E-state index contributed by atoms with van der Waals surface area (Å²) in [5.41, 5.74) is 3.05. The van der Waals surface area contributed by atoms with Crippen LogP contribution in [0.25, 0.3) is 0 Å². The third-order valence-corrected chi connectivity index (χ3v) is 7.69. The van der Waals surface area contributed by atoms with Gasteiger partial charge >= 0.3 is 0 Å². The number of fused-ring (bicyclic) bond motifs is 1. The van der Waals surface area contributed by atoms with Gasteiger partial charge in [-0.1, -0.05) is 24.3 Å². The lowest BCUT2D eigenvalue weighted by molar-refractivity contribution is -0.134. The highest BCUT2D eigenvalue weighted by atomic mass is 16.5. The van der Waals surface area contributed by atoms with Crippen molar-refractivity contribution in [3.63, 3.8) is 0 Å². The lowest BCUT2D eigenvalue weighted by Gasteiger charge is -2.44. The number of hydrogen-bond donors (Lipinski definition) is 0. The van der Waals surface area contributed by atoms with Crippen molar-refractivity contribution in [2.24, 2.45) is 11.3 Å². The van der Waals surface area contributed by atoms with Crippen molar-refractivity contribution < 1.29 is 9.53 Å². The highest BCUT2D eigenvalue weighted by Crippen LogP contribution is 2.40. The molecule has 1 spiro atoms. The average molecular weight is 428 g/mol. The number of hydrogen-bond acceptors (Lipinski definition) is 4. The molecule has 1 amide bonds. The number of carbonyl (C=O) groups is 1. The standard InChI is InChI=1S/C26H41N3O2/c1-27(2)13-5-8-25(30)29-20-24-7-4-3-6-23(24)18-26(21-29)11-14-28(15-12-26)19-22-9-16-31-17-10-22/h3-4,6-7,22H,5,8-21H2,1-2H3. The number of ether oxygens (including phenoxy) is 1. The maximum Gasteiger partial charge on any atom is 0.222 e. The number of piperidine rings is 1. The number of benzene rings is 1. The SMILES string of the molecule is CN(C)CCCC(=O)N1Cc2ccccc2CC2(CCN(CC3CCOCC3)CC2)C1. The molecule has 0 bridgehead atoms. The fourth-order valence-electron chi connectivity index (χ4n) is 5.73. The van der Waals surface area contributed by atoms with Crippen molar-refractivity contribution in [3.8, 4) is 0 Å². The molecular weight excluding hydrogens is 386 g/mol. The third-order valence-electron chi connectivity index (χ3n) is 7.69. The van der Waals surface area contributed by atoms with Crippen LogP contribution in [0.2, 0.25) is 0 Å². The molecule has 5 nitrogen and oxygen atoms in total. The summed E-state index contributed by atoms with van der Waals surface area (Å²) in [4.78, 5) is 20.2. The molecule has 0 N–H and O–H groups in total. The minimum atomic E-state index is 0.232. The molecule has 4 rings (SSSR count). The predicted octanol–water partition coefficient (Wildman–Crippen LogP) is 3.42. The Hall–Kier alpha value is -1.43. The minimum Gasteiger partial charge on any atom is -0.381 e. The summed E-state index contributed by atoms with van der Waals surface area (Å²) in [6.45, 7) is 8.11. The van der Waals surface area contributed by atoms with Crippen molar-refractivity contribution in [3.05, 3.63) is 35.4 Å². The van der Waals surface area contributed by atoms with Gasteiger partial charge in [-0.3, -0.25) is 4.79 Å². The summed E-state index contributed by atoms with van der Waals surface area (Å²) in [6, 6.07) is 8.82. The molecule has 0 radical (unpaired) electrons. The Balaban J connectivity index is 1.42. The fourth-order valence-corrected chi connectivity index (χ4v) is 5.73. The number of likely N-dealkylation sites (tertiary alicyclic amines) is 1. The highest BCUT2D eigenvalue weighted by molar-refractivity contribution is 5.76. The summed E-state index contributed by atoms with van der Waals surface area (Å²) in [5, 5.41) is 0. The normalized spacial score (nSPS) is 22.5. The van der Waals surface area contributed by atoms with E-state index in [0.29, 0.717) is 12.3 Å². The molecule has 2 fully saturated rings. The largest absolute Gasteiger partial charge is 0.381 e. The molecular formula is C26H41N3O2. The van der Waals surface area contributed by atoms with Gasteiger partial charge in [0.05, 0.1) is 0 Å². The van der Waals surface area contributed by atoms with Crippen LogP contribution in [0.1, 0.15) is 49.7 Å². The van der Waals surface area contributed by atoms with Crippen LogP contribution in [0, 0.1) is 11.3 Å². The van der Waals surface area contributed by atoms with E-state index >= 15 is 0 Å². The van der Waals surface area contributed by atoms with Gasteiger partial charge in [0.1, 0.15) is 0 Å². The van der Waals surface area contributed by atoms with Crippen LogP contribution in [-0.4, -0.2) is 80.6 Å². The van der Waals surface area contributed by atoms with E-state index < -0.39 is 0 Å². The zero-order valence-electron chi connectivity index (χ0n) is 19.7. The maximum atomic E-state index is 13.2. The Labute approximate surface area is 188 Å². The lowest BCUT2D eigenvalue weighted by Crippen LogP contribution is -2.48. The predicted molar refractivity (Wildman–Crippen MR) is 125 cm³/mol. The molecule has 1 aromatic carbocycles. The molecule has 0 aromatic heterocycles. The Kier molecular flexibility index (Phi) is 7.68. The zero-order chi connectivity index (χ0) is 21.7. The van der Waals surface area contributed by atoms with E-state index in [1.165, 1.54) is 56.4 Å². The Morgan fingerprint density at radius 3 is 2.55 bits per heavy atom. The van der Waals surface area contributed by atoms with Gasteiger partial charge < -0.3 is 19.4 Å². The second-order valence-electron chi connectivity index (χ2n) is 10.5. The summed E-state index contributed by atoms with van der Waals surface area (Å²) in [5.74, 6) is 1.13. The number of nitrogens with zero attached hydrogens (tertiary/aromatic N) is 3. The van der Waals surface area contributed by atoms with E-state index in [9.17, 15) is 4.79 Å². The molecule has 3 aliphatic rings. The monoisotopic (exact) mass is 427 g/mol. The molecule has 2 saturated heterocycles. The van der Waals surface area contributed by atoms with Crippen molar-refractivity contribution in [1.82, 2.24) is 14.7 Å². The van der Waals surface area contributed by atoms with Crippen molar-refractivity contribution in [2.45, 2.75) is 51.5 Å². The fraction of sp³-hybridized carbons (Fsp3) is 0.731. The van der Waals surface area contributed by atoms with E-state index in [0.717, 1.165) is 51.6 Å². The molecule has 31 heavy (non-hydrogen) atoms. The first kappa shape index (κ1) is 22.8. The minimum absolute atomic E-state index is 0.232. The second kappa shape index (κ2) is 10.5. The average Bonchev–Trinajstić information content (AvgIpc) is 2.93. The van der Waals surface area contributed by atoms with E-state index in [4.69, 9.17) is 4.74 Å². The van der Waals surface area contributed by atoms with Crippen molar-refractivity contribution in [1.29, 1.82) is 0 Å². The lowest BCUT2D eigenvalue weighted by atomic mass is 9.73. The van der Waals surface area contributed by atoms with E-state index in [2.05, 4.69) is 53.1 Å². The van der Waals surface area contributed by atoms with Gasteiger partial charge in [-0.15, -0.1) is 0 Å². The summed E-state index contributed by atoms with van der Waals surface area (Å²) < 4.78 is 5.54. The van der Waals surface area contributed by atoms with Crippen LogP contribution < -0.4 is 0 Å². The molecule has 0 atom stereocenters. The van der Waals surface area contributed by atoms with E-state index in [1.54, 1.807) is 0 Å². The second-order valence-corrected chi connectivity index (χ2v) is 10.5. The summed E-state index contributed by atoms with van der Waals surface area (Å²) >= 11 is 0. The van der Waals surface area contributed by atoms with Gasteiger partial charge in [0.15, 0.2) is 0 Å². The first-order chi connectivity index (χ1) is 15.0. The Morgan fingerprint density at radius 2 is 1.84 bits per heavy atom. The van der Waals surface area contributed by atoms with Crippen LogP contribution >= 0.6 is 0 Å². The van der Waals surface area contributed by atoms with Gasteiger partial charge in [0.2, 0.25) is 5.91 Å². The van der Waals surface area contributed by atoms with Crippen molar-refractivity contribution >= 4 is 5.91 Å². The molecule has 3 heterocycles. The molecule has 3 aliphatic heterocycles. The molecule has 1 aromatic rings. The highest BCUT2D eigenvalue weighted by Gasteiger charge is 2.40. The van der Waals surface area contributed by atoms with Gasteiger partial charge in [-0.05, 0) is 94.7 Å². The molecule has 0 unspecified atom stereocenters. The molecule has 5 heteroatoms. The summed E-state index contributed by atoms with van der Waals surface area (Å²) in [7, 11) is 4.16. The molecule has 0 aliphatic carbocycles. The molecule has 172 valence electrons. The van der Waals surface area contributed by atoms with Crippen LogP contribution in [0.4, 0.5) is 0 Å². The first-order valence-electron chi connectivity index (χ1n) is 12.3. The van der Waals surface area contributed by atoms with Crippen LogP contribution in [0.3, 0.4) is 0 Å². The quantitative estimate of drug-likeness (QED) is 0.697. The van der Waals surface area contributed by atoms with Gasteiger partial charge in [0.25, 0.3) is 0 Å². The Bertz CT molecular complexity index is 721. The summed E-state index contributed by atoms with van der Waals surface area (Å²) in [6.07, 6.45) is 7.55. The maximum absolute atomic E-state index is 13.2. The number of rotatable bonds is 6. The van der Waals surface area contributed by atoms with Gasteiger partial charge in [0, 0.05) is 39.3 Å². The van der Waals surface area contributed by atoms with E-state index in [1.807, 2.05) is 0 Å². The zero-order valence-corrected chi connectivity index (χ0v) is 19.7. The first-order valence-corrected chi connectivity index (χ1v) is 12.3. The van der Waals surface area contributed by atoms with Crippen LogP contribution in [0.15, 0.2) is 24.3 Å².